The van der Waals surface area contributed by atoms with Crippen LogP contribution < -0.4 is 15.5 Å². The molecule has 7 heteroatoms. The van der Waals surface area contributed by atoms with E-state index in [2.05, 4.69) is 33.6 Å². The van der Waals surface area contributed by atoms with E-state index < -0.39 is 6.04 Å². The molecule has 1 aliphatic heterocycles. The van der Waals surface area contributed by atoms with Gasteiger partial charge in [0.15, 0.2) is 0 Å². The van der Waals surface area contributed by atoms with Crippen LogP contribution in [0.4, 0.5) is 5.69 Å². The molecule has 7 nitrogen and oxygen atoms in total. The zero-order valence-electron chi connectivity index (χ0n) is 19.6. The lowest BCUT2D eigenvalue weighted by molar-refractivity contribution is -0.127. The minimum atomic E-state index is -0.483. The molecular weight excluding hydrogens is 402 g/mol. The first kappa shape index (κ1) is 24.1. The summed E-state index contributed by atoms with van der Waals surface area (Å²) in [4.78, 5) is 30.5. The van der Waals surface area contributed by atoms with Crippen molar-refractivity contribution in [2.45, 2.75) is 58.0 Å². The van der Waals surface area contributed by atoms with Gasteiger partial charge < -0.3 is 20.4 Å². The molecule has 0 bridgehead atoms. The van der Waals surface area contributed by atoms with E-state index in [0.717, 1.165) is 57.5 Å². The van der Waals surface area contributed by atoms with Crippen molar-refractivity contribution in [2.24, 2.45) is 11.8 Å². The van der Waals surface area contributed by atoms with Gasteiger partial charge in [-0.15, -0.1) is 0 Å². The largest absolute Gasteiger partial charge is 0.369 e. The zero-order chi connectivity index (χ0) is 23.1. The van der Waals surface area contributed by atoms with E-state index in [0.29, 0.717) is 17.9 Å². The zero-order valence-corrected chi connectivity index (χ0v) is 19.6. The summed E-state index contributed by atoms with van der Waals surface area (Å²) in [6.45, 7) is 8.13. The van der Waals surface area contributed by atoms with Crippen LogP contribution in [-0.2, 0) is 4.79 Å². The number of carbonyl (C=O) groups is 2. The predicted octanol–water partition coefficient (Wildman–Crippen LogP) is 2.78. The van der Waals surface area contributed by atoms with Crippen LogP contribution in [0.25, 0.3) is 0 Å². The Labute approximate surface area is 192 Å². The first-order chi connectivity index (χ1) is 15.4. The average Bonchev–Trinajstić information content (AvgIpc) is 2.79. The van der Waals surface area contributed by atoms with Gasteiger partial charge in [0, 0.05) is 43.5 Å². The van der Waals surface area contributed by atoms with E-state index in [-0.39, 0.29) is 23.8 Å². The molecule has 0 unspecified atom stereocenters. The minimum absolute atomic E-state index is 0.118. The number of rotatable bonds is 7. The van der Waals surface area contributed by atoms with Crippen molar-refractivity contribution in [3.63, 3.8) is 0 Å². The lowest BCUT2D eigenvalue weighted by atomic mass is 9.83. The Morgan fingerprint density at radius 1 is 1.09 bits per heavy atom. The molecule has 0 radical (unpaired) electrons. The number of nitrogens with one attached hydrogen (secondary N) is 2. The quantitative estimate of drug-likeness (QED) is 0.682. The number of amides is 2. The number of nitrogens with zero attached hydrogens (tertiary/aromatic N) is 3. The lowest BCUT2D eigenvalue weighted by Gasteiger charge is -2.34. The van der Waals surface area contributed by atoms with Gasteiger partial charge in [-0.3, -0.25) is 9.59 Å². The second-order valence-corrected chi connectivity index (χ2v) is 9.63. The molecule has 1 saturated carbocycles. The summed E-state index contributed by atoms with van der Waals surface area (Å²) >= 11 is 0. The Kier molecular flexibility index (Phi) is 8.52. The first-order valence-corrected chi connectivity index (χ1v) is 11.9. The van der Waals surface area contributed by atoms with E-state index in [1.807, 2.05) is 38.1 Å². The monoisotopic (exact) mass is 439 g/mol. The maximum absolute atomic E-state index is 12.9. The second-order valence-electron chi connectivity index (χ2n) is 9.63. The molecule has 1 aromatic carbocycles. The van der Waals surface area contributed by atoms with Crippen LogP contribution >= 0.6 is 0 Å². The van der Waals surface area contributed by atoms with Crippen LogP contribution in [0.5, 0.6) is 0 Å². The molecule has 174 valence electrons. The molecule has 3 rings (SSSR count). The molecule has 2 fully saturated rings. The summed E-state index contributed by atoms with van der Waals surface area (Å²) in [6.07, 6.45) is 4.10. The van der Waals surface area contributed by atoms with Crippen LogP contribution in [-0.4, -0.2) is 62.0 Å². The van der Waals surface area contributed by atoms with E-state index in [4.69, 9.17) is 0 Å². The number of hydrogen-bond acceptors (Lipinski definition) is 5. The van der Waals surface area contributed by atoms with Crippen molar-refractivity contribution >= 4 is 17.5 Å². The van der Waals surface area contributed by atoms with Crippen molar-refractivity contribution in [2.75, 3.05) is 38.1 Å². The Morgan fingerprint density at radius 3 is 2.38 bits per heavy atom. The Bertz CT molecular complexity index is 809. The highest BCUT2D eigenvalue weighted by molar-refractivity contribution is 5.95. The molecule has 1 aromatic rings. The van der Waals surface area contributed by atoms with Gasteiger partial charge in [0.2, 0.25) is 5.91 Å². The molecule has 32 heavy (non-hydrogen) atoms. The SMILES string of the molecule is CC(C)C[C@@H](C#N)NC(=O)[C@@H]1CCCC[C@@H]1NC(=O)c1ccc(N2CCN(C)CC2)cc1. The molecule has 2 amide bonds. The van der Waals surface area contributed by atoms with Gasteiger partial charge in [0.1, 0.15) is 6.04 Å². The normalized spacial score (nSPS) is 22.8. The summed E-state index contributed by atoms with van der Waals surface area (Å²) < 4.78 is 0. The molecule has 3 atom stereocenters. The number of likely N-dealkylation sites (N-methyl/N-ethyl adjacent to an activating group) is 1. The summed E-state index contributed by atoms with van der Waals surface area (Å²) in [5, 5.41) is 15.4. The van der Waals surface area contributed by atoms with Crippen LogP contribution in [0.2, 0.25) is 0 Å². The summed E-state index contributed by atoms with van der Waals surface area (Å²) in [5.74, 6) is -0.220. The van der Waals surface area contributed by atoms with Crippen molar-refractivity contribution < 1.29 is 9.59 Å². The summed E-state index contributed by atoms with van der Waals surface area (Å²) in [7, 11) is 2.13. The van der Waals surface area contributed by atoms with Gasteiger partial charge in [-0.1, -0.05) is 26.7 Å². The highest BCUT2D eigenvalue weighted by atomic mass is 16.2. The van der Waals surface area contributed by atoms with E-state index in [9.17, 15) is 14.9 Å². The third kappa shape index (κ3) is 6.46. The van der Waals surface area contributed by atoms with Crippen molar-refractivity contribution in [1.29, 1.82) is 5.26 Å². The Morgan fingerprint density at radius 2 is 1.75 bits per heavy atom. The van der Waals surface area contributed by atoms with E-state index in [1.165, 1.54) is 0 Å². The van der Waals surface area contributed by atoms with Gasteiger partial charge in [-0.25, -0.2) is 0 Å². The fourth-order valence-electron chi connectivity index (χ4n) is 4.65. The fraction of sp³-hybridized carbons (Fsp3) is 0.640. The van der Waals surface area contributed by atoms with Gasteiger partial charge >= 0.3 is 0 Å². The molecule has 1 heterocycles. The van der Waals surface area contributed by atoms with Crippen molar-refractivity contribution in [3.05, 3.63) is 29.8 Å². The molecule has 1 aliphatic carbocycles. The summed E-state index contributed by atoms with van der Waals surface area (Å²) in [5.41, 5.74) is 1.75. The first-order valence-electron chi connectivity index (χ1n) is 11.9. The number of benzene rings is 1. The van der Waals surface area contributed by atoms with Gasteiger partial charge in [0.25, 0.3) is 5.91 Å². The smallest absolute Gasteiger partial charge is 0.251 e. The number of piperazine rings is 1. The predicted molar refractivity (Wildman–Crippen MR) is 126 cm³/mol. The number of carbonyl (C=O) groups excluding carboxylic acids is 2. The number of nitriles is 1. The number of anilines is 1. The van der Waals surface area contributed by atoms with Crippen molar-refractivity contribution in [3.8, 4) is 6.07 Å². The molecule has 2 N–H and O–H groups in total. The Hall–Kier alpha value is -2.59. The highest BCUT2D eigenvalue weighted by Gasteiger charge is 2.33. The van der Waals surface area contributed by atoms with Crippen LogP contribution in [0.15, 0.2) is 24.3 Å². The van der Waals surface area contributed by atoms with Crippen molar-refractivity contribution in [1.82, 2.24) is 15.5 Å². The van der Waals surface area contributed by atoms with Crippen LogP contribution in [0, 0.1) is 23.2 Å². The van der Waals surface area contributed by atoms with Crippen LogP contribution in [0.3, 0.4) is 0 Å². The topological polar surface area (TPSA) is 88.5 Å². The molecule has 2 aliphatic rings. The maximum atomic E-state index is 12.9. The third-order valence-corrected chi connectivity index (χ3v) is 6.60. The Balaban J connectivity index is 1.59. The molecule has 1 saturated heterocycles. The lowest BCUT2D eigenvalue weighted by Crippen LogP contribution is -2.50. The standard InChI is InChI=1S/C25H37N5O2/c1-18(2)16-20(17-26)27-25(32)22-6-4-5-7-23(22)28-24(31)19-8-10-21(11-9-19)30-14-12-29(3)13-15-30/h8-11,18,20,22-23H,4-7,12-16H2,1-3H3,(H,27,32)(H,28,31)/t20-,22+,23-/m0/s1. The third-order valence-electron chi connectivity index (χ3n) is 6.60. The molecule has 0 aromatic heterocycles. The van der Waals surface area contributed by atoms with Crippen LogP contribution in [0.1, 0.15) is 56.3 Å². The van der Waals surface area contributed by atoms with Gasteiger partial charge in [-0.2, -0.15) is 5.26 Å². The van der Waals surface area contributed by atoms with Gasteiger partial charge in [-0.05, 0) is 56.5 Å². The van der Waals surface area contributed by atoms with Gasteiger partial charge in [0.05, 0.1) is 12.0 Å². The second kappa shape index (κ2) is 11.3. The minimum Gasteiger partial charge on any atom is -0.369 e. The average molecular weight is 440 g/mol. The molecule has 0 spiro atoms. The van der Waals surface area contributed by atoms with E-state index in [1.54, 1.807) is 0 Å². The fourth-order valence-corrected chi connectivity index (χ4v) is 4.65. The number of hydrogen-bond donors (Lipinski definition) is 2. The molecular formula is C25H37N5O2. The van der Waals surface area contributed by atoms with E-state index >= 15 is 0 Å². The maximum Gasteiger partial charge on any atom is 0.251 e. The summed E-state index contributed by atoms with van der Waals surface area (Å²) in [6, 6.07) is 9.27. The highest BCUT2D eigenvalue weighted by Crippen LogP contribution is 2.26.